The van der Waals surface area contributed by atoms with E-state index in [0.29, 0.717) is 0 Å². The predicted octanol–water partition coefficient (Wildman–Crippen LogP) is 1.07. The maximum absolute atomic E-state index is 12.4. The summed E-state index contributed by atoms with van der Waals surface area (Å²) in [6.07, 6.45) is 0. The average molecular weight is 303 g/mol. The fraction of sp³-hybridized carbons (Fsp3) is 0.364. The lowest BCUT2D eigenvalue weighted by molar-refractivity contribution is -0.142. The lowest BCUT2D eigenvalue weighted by Gasteiger charge is -2.30. The number of rotatable bonds is 3. The number of benzene rings is 1. The summed E-state index contributed by atoms with van der Waals surface area (Å²) in [4.78, 5) is 11.2. The number of hydrogen-bond acceptors (Lipinski definition) is 5. The second-order valence-electron chi connectivity index (χ2n) is 4.05. The minimum absolute atomic E-state index is 0.0822. The Kier molecular flexibility index (Phi) is 4.14. The molecule has 1 unspecified atom stereocenters. The van der Waals surface area contributed by atoms with Gasteiger partial charge in [0.1, 0.15) is 5.94 Å². The van der Waals surface area contributed by atoms with Crippen molar-refractivity contribution < 1.29 is 23.1 Å². The Labute approximate surface area is 115 Å². The van der Waals surface area contributed by atoms with Gasteiger partial charge in [-0.05, 0) is 31.0 Å². The molecule has 1 saturated heterocycles. The van der Waals surface area contributed by atoms with Gasteiger partial charge in [-0.3, -0.25) is 4.79 Å². The van der Waals surface area contributed by atoms with Gasteiger partial charge in [0.2, 0.25) is 0 Å². The zero-order valence-electron chi connectivity index (χ0n) is 10.1. The topological polar surface area (TPSA) is 83.9 Å². The van der Waals surface area contributed by atoms with Gasteiger partial charge >= 0.3 is 5.97 Å². The number of sulfonamides is 1. The van der Waals surface area contributed by atoms with Gasteiger partial charge in [0, 0.05) is 0 Å². The smallest absolute Gasteiger partial charge is 0.325 e. The van der Waals surface area contributed by atoms with Crippen LogP contribution >= 0.6 is 11.9 Å². The number of hydrogen-bond donors (Lipinski definition) is 1. The number of aliphatic carboxylic acids is 1. The molecule has 1 aromatic rings. The lowest BCUT2D eigenvalue weighted by Crippen LogP contribution is -2.46. The van der Waals surface area contributed by atoms with E-state index in [9.17, 15) is 13.2 Å². The molecule has 1 fully saturated rings. The van der Waals surface area contributed by atoms with Crippen molar-refractivity contribution in [2.24, 2.45) is 0 Å². The van der Waals surface area contributed by atoms with Crippen LogP contribution in [0.2, 0.25) is 0 Å². The van der Waals surface area contributed by atoms with Crippen LogP contribution in [0.3, 0.4) is 0 Å². The molecule has 0 spiro atoms. The molecule has 1 N–H and O–H groups in total. The molecule has 1 heterocycles. The van der Waals surface area contributed by atoms with Gasteiger partial charge < -0.3 is 9.84 Å². The molecule has 0 aromatic heterocycles. The first-order valence-electron chi connectivity index (χ1n) is 5.47. The number of aryl methyl sites for hydroxylation is 1. The highest BCUT2D eigenvalue weighted by Gasteiger charge is 2.39. The predicted molar refractivity (Wildman–Crippen MR) is 70.0 cm³/mol. The SMILES string of the molecule is Cc1ccc(S(=O)(=O)N2SCOCC2C(=O)O)cc1. The number of carboxylic acid groups (broad SMARTS) is 1. The summed E-state index contributed by atoms with van der Waals surface area (Å²) in [5.74, 6) is -1.10. The summed E-state index contributed by atoms with van der Waals surface area (Å²) in [6.45, 7) is 1.70. The zero-order valence-corrected chi connectivity index (χ0v) is 11.8. The molecular weight excluding hydrogens is 290 g/mol. The number of carbonyl (C=O) groups is 1. The van der Waals surface area contributed by atoms with Crippen LogP contribution < -0.4 is 0 Å². The molecule has 1 atom stereocenters. The van der Waals surface area contributed by atoms with Crippen LogP contribution in [0.4, 0.5) is 0 Å². The van der Waals surface area contributed by atoms with E-state index in [0.717, 1.165) is 21.2 Å². The van der Waals surface area contributed by atoms with Gasteiger partial charge in [0.05, 0.1) is 11.5 Å². The minimum atomic E-state index is -3.84. The number of nitrogens with zero attached hydrogens (tertiary/aromatic N) is 1. The molecule has 19 heavy (non-hydrogen) atoms. The first kappa shape index (κ1) is 14.3. The molecule has 1 aliphatic rings. The quantitative estimate of drug-likeness (QED) is 0.841. The maximum atomic E-state index is 12.4. The Bertz CT molecular complexity index is 569. The monoisotopic (exact) mass is 303 g/mol. The van der Waals surface area contributed by atoms with Crippen molar-refractivity contribution in [3.05, 3.63) is 29.8 Å². The third-order valence-electron chi connectivity index (χ3n) is 2.63. The second kappa shape index (κ2) is 5.49. The zero-order chi connectivity index (χ0) is 14.0. The number of ether oxygens (including phenoxy) is 1. The van der Waals surface area contributed by atoms with Crippen molar-refractivity contribution in [2.45, 2.75) is 17.9 Å². The van der Waals surface area contributed by atoms with E-state index in [2.05, 4.69) is 0 Å². The summed E-state index contributed by atoms with van der Waals surface area (Å²) in [7, 11) is -3.84. The van der Waals surface area contributed by atoms with E-state index < -0.39 is 22.0 Å². The Morgan fingerprint density at radius 2 is 2.05 bits per heavy atom. The van der Waals surface area contributed by atoms with Gasteiger partial charge in [-0.15, -0.1) is 3.71 Å². The van der Waals surface area contributed by atoms with Crippen molar-refractivity contribution in [1.29, 1.82) is 0 Å². The summed E-state index contributed by atoms with van der Waals surface area (Å²) in [6, 6.07) is 5.09. The van der Waals surface area contributed by atoms with E-state index >= 15 is 0 Å². The molecule has 6 nitrogen and oxygen atoms in total. The van der Waals surface area contributed by atoms with E-state index in [1.807, 2.05) is 6.92 Å². The van der Waals surface area contributed by atoms with Crippen molar-refractivity contribution in [3.8, 4) is 0 Å². The Morgan fingerprint density at radius 3 is 2.63 bits per heavy atom. The Morgan fingerprint density at radius 1 is 1.42 bits per heavy atom. The third kappa shape index (κ3) is 2.92. The molecular formula is C11H13NO5S2. The first-order valence-corrected chi connectivity index (χ1v) is 7.86. The second-order valence-corrected chi connectivity index (χ2v) is 6.98. The van der Waals surface area contributed by atoms with E-state index in [4.69, 9.17) is 9.84 Å². The highest BCUT2D eigenvalue weighted by Crippen LogP contribution is 2.29. The fourth-order valence-corrected chi connectivity index (χ4v) is 4.33. The van der Waals surface area contributed by atoms with E-state index in [-0.39, 0.29) is 17.4 Å². The van der Waals surface area contributed by atoms with Gasteiger partial charge in [-0.1, -0.05) is 17.7 Å². The molecule has 1 aliphatic heterocycles. The molecule has 0 bridgehead atoms. The first-order chi connectivity index (χ1) is 8.93. The average Bonchev–Trinajstić information content (AvgIpc) is 2.39. The fourth-order valence-electron chi connectivity index (χ4n) is 1.61. The highest BCUT2D eigenvalue weighted by atomic mass is 32.3. The summed E-state index contributed by atoms with van der Waals surface area (Å²) in [5, 5.41) is 9.06. The van der Waals surface area contributed by atoms with Crippen LogP contribution in [0.1, 0.15) is 5.56 Å². The van der Waals surface area contributed by atoms with Gasteiger partial charge in [0.25, 0.3) is 10.0 Å². The molecule has 2 rings (SSSR count). The molecule has 0 amide bonds. The Hall–Kier alpha value is -1.09. The van der Waals surface area contributed by atoms with Crippen LogP contribution in [0, 0.1) is 6.92 Å². The van der Waals surface area contributed by atoms with Crippen LogP contribution in [-0.4, -0.2) is 41.8 Å². The number of carboxylic acids is 1. The summed E-state index contributed by atoms with van der Waals surface area (Å²) < 4.78 is 30.7. The van der Waals surface area contributed by atoms with Crippen LogP contribution in [0.15, 0.2) is 29.2 Å². The largest absolute Gasteiger partial charge is 0.480 e. The summed E-state index contributed by atoms with van der Waals surface area (Å²) >= 11 is 0.848. The third-order valence-corrected chi connectivity index (χ3v) is 5.92. The minimum Gasteiger partial charge on any atom is -0.480 e. The van der Waals surface area contributed by atoms with Crippen molar-refractivity contribution >= 4 is 27.9 Å². The maximum Gasteiger partial charge on any atom is 0.325 e. The van der Waals surface area contributed by atoms with Crippen LogP contribution in [0.25, 0.3) is 0 Å². The summed E-state index contributed by atoms with van der Waals surface area (Å²) in [5.41, 5.74) is 0.934. The normalized spacial score (nSPS) is 21.2. The molecule has 0 saturated carbocycles. The van der Waals surface area contributed by atoms with Gasteiger partial charge in [-0.2, -0.15) is 0 Å². The van der Waals surface area contributed by atoms with E-state index in [1.54, 1.807) is 12.1 Å². The standard InChI is InChI=1S/C11H13NO5S2/c1-8-2-4-9(5-3-8)19(15,16)12-10(11(13)14)6-17-7-18-12/h2-5,10H,6-7H2,1H3,(H,13,14). The Balaban J connectivity index is 2.37. The molecule has 8 heteroatoms. The lowest BCUT2D eigenvalue weighted by atomic mass is 10.2. The van der Waals surface area contributed by atoms with Crippen molar-refractivity contribution in [2.75, 3.05) is 12.5 Å². The van der Waals surface area contributed by atoms with Crippen molar-refractivity contribution in [3.63, 3.8) is 0 Å². The van der Waals surface area contributed by atoms with Gasteiger partial charge in [-0.25, -0.2) is 8.42 Å². The van der Waals surface area contributed by atoms with E-state index in [1.165, 1.54) is 12.1 Å². The molecule has 1 aromatic carbocycles. The van der Waals surface area contributed by atoms with Gasteiger partial charge in [0.15, 0.2) is 6.04 Å². The van der Waals surface area contributed by atoms with Crippen LogP contribution in [0.5, 0.6) is 0 Å². The van der Waals surface area contributed by atoms with Crippen LogP contribution in [-0.2, 0) is 19.6 Å². The van der Waals surface area contributed by atoms with Crippen molar-refractivity contribution in [1.82, 2.24) is 3.71 Å². The molecule has 104 valence electrons. The molecule has 0 radical (unpaired) electrons. The molecule has 0 aliphatic carbocycles. The highest BCUT2D eigenvalue weighted by molar-refractivity contribution is 8.08.